The fourth-order valence-corrected chi connectivity index (χ4v) is 2.90. The molecule has 6 nitrogen and oxygen atoms in total. The van der Waals surface area contributed by atoms with Crippen LogP contribution < -0.4 is 0 Å². The van der Waals surface area contributed by atoms with Crippen LogP contribution in [-0.2, 0) is 4.79 Å². The molecule has 1 fully saturated rings. The van der Waals surface area contributed by atoms with Gasteiger partial charge in [0, 0.05) is 5.56 Å². The Morgan fingerprint density at radius 2 is 1.83 bits per heavy atom. The minimum Gasteiger partial charge on any atom is -0.478 e. The van der Waals surface area contributed by atoms with Crippen molar-refractivity contribution >= 4 is 40.7 Å². The molecule has 0 saturated carbocycles. The Bertz CT molecular complexity index is 834. The third-order valence-electron chi connectivity index (χ3n) is 3.23. The second kappa shape index (κ2) is 7.10. The van der Waals surface area contributed by atoms with Gasteiger partial charge in [-0.25, -0.2) is 9.79 Å². The Hall–Kier alpha value is -2.93. The van der Waals surface area contributed by atoms with Crippen molar-refractivity contribution < 1.29 is 14.7 Å². The van der Waals surface area contributed by atoms with Crippen molar-refractivity contribution in [3.8, 4) is 0 Å². The molecule has 2 aromatic rings. The van der Waals surface area contributed by atoms with Gasteiger partial charge in [-0.2, -0.15) is 10.1 Å². The number of thioether (sulfide) groups is 1. The largest absolute Gasteiger partial charge is 0.478 e. The fraction of sp³-hybridized carbons (Fsp3) is 0.0588. The van der Waals surface area contributed by atoms with Crippen molar-refractivity contribution in [1.82, 2.24) is 5.01 Å². The first-order valence-electron chi connectivity index (χ1n) is 7.11. The van der Waals surface area contributed by atoms with Crippen molar-refractivity contribution in [3.05, 3.63) is 65.7 Å². The molecule has 24 heavy (non-hydrogen) atoms. The minimum atomic E-state index is -1.04. The molecule has 1 aliphatic heterocycles. The van der Waals surface area contributed by atoms with Gasteiger partial charge in [0.2, 0.25) is 0 Å². The zero-order chi connectivity index (χ0) is 16.9. The van der Waals surface area contributed by atoms with E-state index in [0.29, 0.717) is 10.7 Å². The second-order valence-electron chi connectivity index (χ2n) is 4.86. The highest BCUT2D eigenvalue weighted by Crippen LogP contribution is 2.23. The second-order valence-corrected chi connectivity index (χ2v) is 5.80. The highest BCUT2D eigenvalue weighted by Gasteiger charge is 2.28. The number of amidine groups is 1. The number of carboxylic acids is 1. The Morgan fingerprint density at radius 1 is 1.12 bits per heavy atom. The van der Waals surface area contributed by atoms with Crippen LogP contribution in [0.3, 0.4) is 0 Å². The summed E-state index contributed by atoms with van der Waals surface area (Å²) >= 11 is 1.30. The predicted molar refractivity (Wildman–Crippen MR) is 93.8 cm³/mol. The molecule has 0 aliphatic carbocycles. The van der Waals surface area contributed by atoms with Crippen molar-refractivity contribution in [3.63, 3.8) is 0 Å². The Kier molecular flexibility index (Phi) is 4.72. The molecule has 1 amide bonds. The lowest BCUT2D eigenvalue weighted by atomic mass is 10.1. The van der Waals surface area contributed by atoms with Gasteiger partial charge in [0.15, 0.2) is 5.17 Å². The van der Waals surface area contributed by atoms with Crippen LogP contribution in [0.2, 0.25) is 0 Å². The number of hydrogen-bond acceptors (Lipinski definition) is 5. The number of para-hydroxylation sites is 1. The highest BCUT2D eigenvalue weighted by atomic mass is 32.2. The van der Waals surface area contributed by atoms with Gasteiger partial charge in [-0.15, -0.1) is 0 Å². The highest BCUT2D eigenvalue weighted by molar-refractivity contribution is 8.15. The lowest BCUT2D eigenvalue weighted by Gasteiger charge is -2.09. The molecule has 3 rings (SSSR count). The first-order valence-corrected chi connectivity index (χ1v) is 8.09. The van der Waals surface area contributed by atoms with Crippen molar-refractivity contribution in [2.75, 3.05) is 5.75 Å². The summed E-state index contributed by atoms with van der Waals surface area (Å²) in [5.74, 6) is -0.986. The number of aromatic carboxylic acids is 1. The van der Waals surface area contributed by atoms with Gasteiger partial charge >= 0.3 is 5.97 Å². The number of amides is 1. The van der Waals surface area contributed by atoms with E-state index in [4.69, 9.17) is 0 Å². The zero-order valence-electron chi connectivity index (χ0n) is 12.5. The minimum absolute atomic E-state index is 0.127. The lowest BCUT2D eigenvalue weighted by Crippen LogP contribution is -2.24. The van der Waals surface area contributed by atoms with E-state index in [0.717, 1.165) is 5.69 Å². The molecule has 0 spiro atoms. The third-order valence-corrected chi connectivity index (χ3v) is 4.14. The summed E-state index contributed by atoms with van der Waals surface area (Å²) in [5, 5.41) is 15.0. The number of carbonyl (C=O) groups excluding carboxylic acids is 1. The maximum atomic E-state index is 12.0. The predicted octanol–water partition coefficient (Wildman–Crippen LogP) is 2.98. The molecule has 1 N–H and O–H groups in total. The number of aliphatic imine (C=N–C) groups is 1. The third kappa shape index (κ3) is 3.52. The summed E-state index contributed by atoms with van der Waals surface area (Å²) in [4.78, 5) is 27.6. The summed E-state index contributed by atoms with van der Waals surface area (Å²) in [5.41, 5.74) is 1.27. The molecule has 2 aromatic carbocycles. The molecular formula is C17H13N3O3S. The standard InChI is InChI=1S/C17H13N3O3S/c21-15-11-24-17(19-13-7-2-1-3-8-13)20(15)18-10-12-6-4-5-9-14(12)16(22)23/h1-10H,11H2,(H,22,23)/b18-10+,19-17?. The van der Waals surface area contributed by atoms with Crippen LogP contribution >= 0.6 is 11.8 Å². The van der Waals surface area contributed by atoms with Crippen LogP contribution in [-0.4, -0.2) is 39.1 Å². The monoisotopic (exact) mass is 339 g/mol. The SMILES string of the molecule is O=C(O)c1ccccc1/C=N/N1C(=O)CSC1=Nc1ccccc1. The van der Waals surface area contributed by atoms with E-state index < -0.39 is 5.97 Å². The molecule has 1 aliphatic rings. The first kappa shape index (κ1) is 15.9. The number of benzene rings is 2. The van der Waals surface area contributed by atoms with Gasteiger partial charge in [0.1, 0.15) is 0 Å². The van der Waals surface area contributed by atoms with Crippen LogP contribution in [0.4, 0.5) is 5.69 Å². The molecule has 0 bridgehead atoms. The van der Waals surface area contributed by atoms with Gasteiger partial charge in [0.05, 0.1) is 23.2 Å². The molecule has 120 valence electrons. The van der Waals surface area contributed by atoms with Crippen LogP contribution in [0.25, 0.3) is 0 Å². The van der Waals surface area contributed by atoms with Crippen LogP contribution in [0.5, 0.6) is 0 Å². The van der Waals surface area contributed by atoms with E-state index >= 15 is 0 Å². The zero-order valence-corrected chi connectivity index (χ0v) is 13.3. The van der Waals surface area contributed by atoms with Crippen LogP contribution in [0.15, 0.2) is 64.7 Å². The number of hydrogen-bond donors (Lipinski definition) is 1. The van der Waals surface area contributed by atoms with E-state index in [1.54, 1.807) is 18.2 Å². The topological polar surface area (TPSA) is 82.3 Å². The first-order chi connectivity index (χ1) is 11.6. The van der Waals surface area contributed by atoms with E-state index in [1.165, 1.54) is 29.1 Å². The Morgan fingerprint density at radius 3 is 2.58 bits per heavy atom. The van der Waals surface area contributed by atoms with Crippen LogP contribution in [0, 0.1) is 0 Å². The molecule has 0 radical (unpaired) electrons. The summed E-state index contributed by atoms with van der Waals surface area (Å²) in [6.07, 6.45) is 1.37. The average molecular weight is 339 g/mol. The smallest absolute Gasteiger partial charge is 0.336 e. The van der Waals surface area contributed by atoms with Gasteiger partial charge in [-0.05, 0) is 18.2 Å². The quantitative estimate of drug-likeness (QED) is 0.868. The number of hydrazone groups is 1. The Labute approximate surface area is 142 Å². The van der Waals surface area contributed by atoms with Crippen LogP contribution in [0.1, 0.15) is 15.9 Å². The van der Waals surface area contributed by atoms with E-state index in [2.05, 4.69) is 10.1 Å². The van der Waals surface area contributed by atoms with Crippen molar-refractivity contribution in [2.45, 2.75) is 0 Å². The summed E-state index contributed by atoms with van der Waals surface area (Å²) in [6, 6.07) is 15.7. The Balaban J connectivity index is 1.89. The molecule has 1 heterocycles. The molecule has 0 atom stereocenters. The van der Waals surface area contributed by atoms with Crippen molar-refractivity contribution in [2.24, 2.45) is 10.1 Å². The number of carbonyl (C=O) groups is 2. The van der Waals surface area contributed by atoms with E-state index in [1.807, 2.05) is 30.3 Å². The molecule has 7 heteroatoms. The number of carboxylic acid groups (broad SMARTS) is 1. The van der Waals surface area contributed by atoms with E-state index in [-0.39, 0.29) is 17.2 Å². The fourth-order valence-electron chi connectivity index (χ4n) is 2.09. The maximum Gasteiger partial charge on any atom is 0.336 e. The van der Waals surface area contributed by atoms with Crippen molar-refractivity contribution in [1.29, 1.82) is 0 Å². The van der Waals surface area contributed by atoms with Gasteiger partial charge in [0.25, 0.3) is 5.91 Å². The average Bonchev–Trinajstić information content (AvgIpc) is 2.94. The lowest BCUT2D eigenvalue weighted by molar-refractivity contribution is -0.124. The number of rotatable bonds is 4. The molecule has 1 saturated heterocycles. The molecule has 0 aromatic heterocycles. The molecule has 0 unspecified atom stereocenters. The summed E-state index contributed by atoms with van der Waals surface area (Å²) in [7, 11) is 0. The maximum absolute atomic E-state index is 12.0. The summed E-state index contributed by atoms with van der Waals surface area (Å²) < 4.78 is 0. The normalized spacial score (nSPS) is 16.2. The van der Waals surface area contributed by atoms with Gasteiger partial charge in [-0.1, -0.05) is 48.2 Å². The molecular weight excluding hydrogens is 326 g/mol. The van der Waals surface area contributed by atoms with E-state index in [9.17, 15) is 14.7 Å². The van der Waals surface area contributed by atoms with Gasteiger partial charge in [-0.3, -0.25) is 4.79 Å². The van der Waals surface area contributed by atoms with Gasteiger partial charge < -0.3 is 5.11 Å². The number of nitrogens with zero attached hydrogens (tertiary/aromatic N) is 3. The summed E-state index contributed by atoms with van der Waals surface area (Å²) in [6.45, 7) is 0.